The molecule has 0 radical (unpaired) electrons. The molecule has 1 saturated heterocycles. The van der Waals surface area contributed by atoms with E-state index >= 15 is 0 Å². The van der Waals surface area contributed by atoms with Crippen LogP contribution in [0.1, 0.15) is 24.3 Å². The number of piperidine rings is 1. The Hall–Kier alpha value is -2.01. The van der Waals surface area contributed by atoms with E-state index in [4.69, 9.17) is 23.2 Å². The van der Waals surface area contributed by atoms with Crippen LogP contribution in [0.15, 0.2) is 48.7 Å². The number of carbonyl (C=O) groups excluding carboxylic acids is 1. The van der Waals surface area contributed by atoms with E-state index in [-0.39, 0.29) is 5.91 Å². The van der Waals surface area contributed by atoms with Gasteiger partial charge in [-0.1, -0.05) is 47.5 Å². The first-order chi connectivity index (χ1) is 13.1. The number of anilines is 1. The third-order valence-electron chi connectivity index (χ3n) is 5.24. The van der Waals surface area contributed by atoms with Crippen LogP contribution in [-0.4, -0.2) is 35.4 Å². The molecule has 2 N–H and O–H groups in total. The number of amides is 1. The van der Waals surface area contributed by atoms with Crippen LogP contribution in [0, 0.1) is 0 Å². The van der Waals surface area contributed by atoms with E-state index in [0.717, 1.165) is 25.9 Å². The smallest absolute Gasteiger partial charge is 0.238 e. The van der Waals surface area contributed by atoms with Crippen molar-refractivity contribution in [3.63, 3.8) is 0 Å². The van der Waals surface area contributed by atoms with Gasteiger partial charge in [0.15, 0.2) is 0 Å². The minimum Gasteiger partial charge on any atom is -0.361 e. The first kappa shape index (κ1) is 18.4. The minimum atomic E-state index is -0.0651. The summed E-state index contributed by atoms with van der Waals surface area (Å²) in [5.74, 6) is 0.465. The lowest BCUT2D eigenvalue weighted by molar-refractivity contribution is -0.117. The monoisotopic (exact) mass is 401 g/mol. The second-order valence-corrected chi connectivity index (χ2v) is 7.77. The zero-order valence-corrected chi connectivity index (χ0v) is 16.4. The molecule has 2 aromatic carbocycles. The fourth-order valence-corrected chi connectivity index (χ4v) is 4.17. The summed E-state index contributed by atoms with van der Waals surface area (Å²) in [4.78, 5) is 17.9. The van der Waals surface area contributed by atoms with Crippen LogP contribution in [0.4, 0.5) is 5.69 Å². The molecule has 1 aliphatic heterocycles. The summed E-state index contributed by atoms with van der Waals surface area (Å²) in [5.41, 5.74) is 3.14. The van der Waals surface area contributed by atoms with Gasteiger partial charge in [0.1, 0.15) is 0 Å². The van der Waals surface area contributed by atoms with Gasteiger partial charge in [-0.2, -0.15) is 0 Å². The van der Waals surface area contributed by atoms with E-state index in [9.17, 15) is 4.79 Å². The highest BCUT2D eigenvalue weighted by atomic mass is 35.5. The molecule has 0 aliphatic carbocycles. The van der Waals surface area contributed by atoms with Crippen molar-refractivity contribution in [1.82, 2.24) is 9.88 Å². The van der Waals surface area contributed by atoms with Crippen molar-refractivity contribution in [3.05, 3.63) is 64.3 Å². The third kappa shape index (κ3) is 3.98. The number of likely N-dealkylation sites (tertiary alicyclic amines) is 1. The fraction of sp³-hybridized carbons (Fsp3) is 0.286. The molecule has 1 aliphatic rings. The first-order valence-corrected chi connectivity index (χ1v) is 9.89. The fourth-order valence-electron chi connectivity index (χ4n) is 3.83. The average molecular weight is 402 g/mol. The maximum absolute atomic E-state index is 12.4. The van der Waals surface area contributed by atoms with Crippen molar-refractivity contribution < 1.29 is 4.79 Å². The molecular formula is C21H21Cl2N3O. The molecule has 4 nitrogen and oxygen atoms in total. The number of fused-ring (bicyclic) bond motifs is 1. The Morgan fingerprint density at radius 2 is 1.89 bits per heavy atom. The number of nitrogens with one attached hydrogen (secondary N) is 2. The second-order valence-electron chi connectivity index (χ2n) is 6.99. The number of hydrogen-bond acceptors (Lipinski definition) is 2. The van der Waals surface area contributed by atoms with Crippen molar-refractivity contribution in [3.8, 4) is 0 Å². The standard InChI is InChI=1S/C21H21Cl2N3O/c22-17-5-3-7-19(21(17)23)25-20(27)13-26-10-8-14(9-11-26)16-12-24-18-6-2-1-4-15(16)18/h1-7,12,14,24H,8-11,13H2,(H,25,27). The molecule has 1 fully saturated rings. The summed E-state index contributed by atoms with van der Waals surface area (Å²) >= 11 is 12.1. The Balaban J connectivity index is 1.34. The van der Waals surface area contributed by atoms with Gasteiger partial charge in [0.25, 0.3) is 0 Å². The van der Waals surface area contributed by atoms with E-state index in [0.29, 0.717) is 28.2 Å². The minimum absolute atomic E-state index is 0.0651. The van der Waals surface area contributed by atoms with Gasteiger partial charge in [0.05, 0.1) is 22.3 Å². The Morgan fingerprint density at radius 3 is 2.70 bits per heavy atom. The maximum Gasteiger partial charge on any atom is 0.238 e. The van der Waals surface area contributed by atoms with Crippen molar-refractivity contribution >= 4 is 45.7 Å². The van der Waals surface area contributed by atoms with Crippen LogP contribution < -0.4 is 5.32 Å². The lowest BCUT2D eigenvalue weighted by Crippen LogP contribution is -2.38. The molecular weight excluding hydrogens is 381 g/mol. The molecule has 27 heavy (non-hydrogen) atoms. The SMILES string of the molecule is O=C(CN1CCC(c2c[nH]c3ccccc23)CC1)Nc1cccc(Cl)c1Cl. The van der Waals surface area contributed by atoms with E-state index in [1.807, 2.05) is 0 Å². The van der Waals surface area contributed by atoms with Gasteiger partial charge < -0.3 is 10.3 Å². The highest BCUT2D eigenvalue weighted by molar-refractivity contribution is 6.44. The molecule has 0 spiro atoms. The van der Waals surface area contributed by atoms with Crippen LogP contribution in [-0.2, 0) is 4.79 Å². The number of aromatic amines is 1. The maximum atomic E-state index is 12.4. The Bertz CT molecular complexity index is 961. The van der Waals surface area contributed by atoms with Crippen LogP contribution in [0.3, 0.4) is 0 Å². The Labute approximate surface area is 168 Å². The van der Waals surface area contributed by atoms with Crippen molar-refractivity contribution in [2.45, 2.75) is 18.8 Å². The molecule has 1 amide bonds. The lowest BCUT2D eigenvalue weighted by atomic mass is 9.89. The molecule has 2 heterocycles. The number of para-hydroxylation sites is 1. The summed E-state index contributed by atoms with van der Waals surface area (Å²) in [6.45, 7) is 2.17. The molecule has 6 heteroatoms. The number of carbonyl (C=O) groups is 1. The van der Waals surface area contributed by atoms with Gasteiger partial charge in [-0.05, 0) is 55.6 Å². The molecule has 1 aromatic heterocycles. The zero-order valence-electron chi connectivity index (χ0n) is 14.8. The van der Waals surface area contributed by atoms with Crippen LogP contribution in [0.5, 0.6) is 0 Å². The van der Waals surface area contributed by atoms with Gasteiger partial charge in [0, 0.05) is 17.1 Å². The first-order valence-electron chi connectivity index (χ1n) is 9.14. The number of nitrogens with zero attached hydrogens (tertiary/aromatic N) is 1. The molecule has 0 unspecified atom stereocenters. The Kier molecular flexibility index (Phi) is 5.39. The summed E-state index contributed by atoms with van der Waals surface area (Å²) in [5, 5.41) is 4.99. The quantitative estimate of drug-likeness (QED) is 0.623. The molecule has 3 aromatic rings. The van der Waals surface area contributed by atoms with Crippen molar-refractivity contribution in [2.24, 2.45) is 0 Å². The van der Waals surface area contributed by atoms with Crippen LogP contribution >= 0.6 is 23.2 Å². The van der Waals surface area contributed by atoms with Gasteiger partial charge in [-0.15, -0.1) is 0 Å². The van der Waals surface area contributed by atoms with Gasteiger partial charge in [-0.25, -0.2) is 0 Å². The summed E-state index contributed by atoms with van der Waals surface area (Å²) in [6, 6.07) is 13.7. The van der Waals surface area contributed by atoms with Crippen molar-refractivity contribution in [2.75, 3.05) is 25.0 Å². The van der Waals surface area contributed by atoms with Crippen molar-refractivity contribution in [1.29, 1.82) is 0 Å². The number of hydrogen-bond donors (Lipinski definition) is 2. The summed E-state index contributed by atoms with van der Waals surface area (Å²) in [6.07, 6.45) is 4.24. The summed E-state index contributed by atoms with van der Waals surface area (Å²) < 4.78 is 0. The number of benzene rings is 2. The summed E-state index contributed by atoms with van der Waals surface area (Å²) in [7, 11) is 0. The van der Waals surface area contributed by atoms with Gasteiger partial charge in [-0.3, -0.25) is 9.69 Å². The van der Waals surface area contributed by atoms with Gasteiger partial charge in [0.2, 0.25) is 5.91 Å². The largest absolute Gasteiger partial charge is 0.361 e. The third-order valence-corrected chi connectivity index (χ3v) is 6.06. The average Bonchev–Trinajstić information content (AvgIpc) is 3.10. The van der Waals surface area contributed by atoms with Crippen LogP contribution in [0.25, 0.3) is 10.9 Å². The van der Waals surface area contributed by atoms with E-state index in [2.05, 4.69) is 45.7 Å². The molecule has 0 bridgehead atoms. The highest BCUT2D eigenvalue weighted by Gasteiger charge is 2.24. The predicted molar refractivity (Wildman–Crippen MR) is 112 cm³/mol. The van der Waals surface area contributed by atoms with E-state index in [1.165, 1.54) is 16.5 Å². The number of aromatic nitrogens is 1. The molecule has 0 atom stereocenters. The lowest BCUT2D eigenvalue weighted by Gasteiger charge is -2.31. The number of halogens is 2. The molecule has 4 rings (SSSR count). The predicted octanol–water partition coefficient (Wildman–Crippen LogP) is 5.29. The molecule has 140 valence electrons. The topological polar surface area (TPSA) is 48.1 Å². The number of H-pyrrole nitrogens is 1. The van der Waals surface area contributed by atoms with Gasteiger partial charge >= 0.3 is 0 Å². The highest BCUT2D eigenvalue weighted by Crippen LogP contribution is 2.33. The van der Waals surface area contributed by atoms with Crippen LogP contribution in [0.2, 0.25) is 10.0 Å². The normalized spacial score (nSPS) is 15.9. The zero-order chi connectivity index (χ0) is 18.8. The molecule has 0 saturated carbocycles. The Morgan fingerprint density at radius 1 is 1.11 bits per heavy atom. The second kappa shape index (κ2) is 7.93. The number of rotatable bonds is 4. The van der Waals surface area contributed by atoms with E-state index in [1.54, 1.807) is 18.2 Å². The van der Waals surface area contributed by atoms with E-state index < -0.39 is 0 Å².